The van der Waals surface area contributed by atoms with Crippen LogP contribution in [-0.4, -0.2) is 40.2 Å². The molecule has 2 rings (SSSR count). The van der Waals surface area contributed by atoms with Crippen LogP contribution in [0.4, 0.5) is 0 Å². The van der Waals surface area contributed by atoms with Gasteiger partial charge in [-0.2, -0.15) is 0 Å². The second kappa shape index (κ2) is 8.96. The van der Waals surface area contributed by atoms with Crippen LogP contribution < -0.4 is 0 Å². The zero-order valence-corrected chi connectivity index (χ0v) is 17.5. The molecule has 0 aliphatic carbocycles. The number of rotatable bonds is 12. The molecule has 150 valence electrons. The first-order valence-corrected chi connectivity index (χ1v) is 11.3. The van der Waals surface area contributed by atoms with Gasteiger partial charge < -0.3 is 14.0 Å². The van der Waals surface area contributed by atoms with Crippen molar-refractivity contribution in [3.05, 3.63) is 0 Å². The van der Waals surface area contributed by atoms with Crippen LogP contribution in [-0.2, 0) is 30.2 Å². The third-order valence-corrected chi connectivity index (χ3v) is 7.37. The molecule has 0 radical (unpaired) electrons. The summed E-state index contributed by atoms with van der Waals surface area (Å²) < 4.78 is 22.5. The van der Waals surface area contributed by atoms with Crippen molar-refractivity contribution in [2.75, 3.05) is 11.5 Å². The fraction of sp³-hybridized carbons (Fsp3) is 0.900. The summed E-state index contributed by atoms with van der Waals surface area (Å²) in [5.41, 5.74) is 0.0396. The third kappa shape index (κ3) is 6.15. The number of ether oxygens (including phenoxy) is 2. The first-order chi connectivity index (χ1) is 12.1. The summed E-state index contributed by atoms with van der Waals surface area (Å²) in [5.74, 6) is 1.32. The summed E-state index contributed by atoms with van der Waals surface area (Å²) in [4.78, 5) is 21.9. The van der Waals surface area contributed by atoms with Crippen LogP contribution in [0.2, 0.25) is 0 Å². The lowest BCUT2D eigenvalue weighted by molar-refractivity contribution is -0.182. The molecule has 0 spiro atoms. The standard InChI is InChI=1S/C20H34O5S/c1-19(2,15-13-17(21)24-15)9-5-7-11-26(23)12-8-6-10-20(3,4)16-14-18(22)25-16/h15-16H,5-14H2,1-4H3. The zero-order chi connectivity index (χ0) is 19.4. The molecule has 5 nitrogen and oxygen atoms in total. The summed E-state index contributed by atoms with van der Waals surface area (Å²) in [6.45, 7) is 8.56. The molecule has 0 saturated carbocycles. The van der Waals surface area contributed by atoms with Gasteiger partial charge in [-0.1, -0.05) is 38.9 Å². The van der Waals surface area contributed by atoms with Crippen LogP contribution >= 0.6 is 0 Å². The lowest BCUT2D eigenvalue weighted by Gasteiger charge is -2.39. The lowest BCUT2D eigenvalue weighted by Crippen LogP contribution is -2.44. The number of hydrogen-bond acceptors (Lipinski definition) is 5. The van der Waals surface area contributed by atoms with E-state index < -0.39 is 11.2 Å². The Hall–Kier alpha value is -0.750. The first-order valence-electron chi connectivity index (χ1n) is 9.84. The number of cyclic esters (lactones) is 2. The predicted octanol–water partition coefficient (Wildman–Crippen LogP) is 3.76. The summed E-state index contributed by atoms with van der Waals surface area (Å²) in [7, 11) is 0. The van der Waals surface area contributed by atoms with E-state index in [9.17, 15) is 14.1 Å². The summed E-state index contributed by atoms with van der Waals surface area (Å²) in [6, 6.07) is 0. The number of hydrogen-bond donors (Lipinski definition) is 0. The molecule has 2 aliphatic heterocycles. The fourth-order valence-corrected chi connectivity index (χ4v) is 4.84. The summed E-state index contributed by atoms with van der Waals surface area (Å²) in [6.07, 6.45) is 7.13. The van der Waals surface area contributed by atoms with E-state index in [2.05, 4.69) is 27.7 Å². The molecule has 2 fully saturated rings. The Labute approximate surface area is 160 Å². The molecule has 6 heteroatoms. The molecular weight excluding hydrogens is 352 g/mol. The first kappa shape index (κ1) is 21.5. The molecule has 2 heterocycles. The van der Waals surface area contributed by atoms with Gasteiger partial charge in [0, 0.05) is 10.8 Å². The highest BCUT2D eigenvalue weighted by Crippen LogP contribution is 2.37. The van der Waals surface area contributed by atoms with Crippen LogP contribution in [0.1, 0.15) is 79.1 Å². The van der Waals surface area contributed by atoms with Crippen LogP contribution in [0.3, 0.4) is 0 Å². The van der Waals surface area contributed by atoms with Crippen molar-refractivity contribution in [1.82, 2.24) is 0 Å². The van der Waals surface area contributed by atoms with Gasteiger partial charge in [0.25, 0.3) is 0 Å². The maximum absolute atomic E-state index is 12.2. The lowest BCUT2D eigenvalue weighted by atomic mass is 9.78. The van der Waals surface area contributed by atoms with Gasteiger partial charge in [0.1, 0.15) is 23.7 Å². The molecule has 2 atom stereocenters. The van der Waals surface area contributed by atoms with E-state index in [1.165, 1.54) is 0 Å². The Balaban J connectivity index is 1.49. The molecule has 0 amide bonds. The summed E-state index contributed by atoms with van der Waals surface area (Å²) >= 11 is -0.756. The average Bonchev–Trinajstić information content (AvgIpc) is 2.49. The topological polar surface area (TPSA) is 75.7 Å². The van der Waals surface area contributed by atoms with Gasteiger partial charge in [-0.05, 0) is 38.5 Å². The average molecular weight is 387 g/mol. The second-order valence-electron chi connectivity index (χ2n) is 9.10. The highest BCUT2D eigenvalue weighted by molar-refractivity contribution is 7.91. The molecule has 0 N–H and O–H groups in total. The molecule has 2 saturated heterocycles. The Morgan fingerprint density at radius 2 is 1.19 bits per heavy atom. The Kier molecular flexibility index (Phi) is 7.43. The van der Waals surface area contributed by atoms with Crippen LogP contribution in [0, 0.1) is 10.8 Å². The Morgan fingerprint density at radius 1 is 0.846 bits per heavy atom. The molecule has 0 bridgehead atoms. The minimum Gasteiger partial charge on any atom is -0.616 e. The molecule has 26 heavy (non-hydrogen) atoms. The number of unbranched alkanes of at least 4 members (excludes halogenated alkanes) is 2. The largest absolute Gasteiger partial charge is 0.616 e. The van der Waals surface area contributed by atoms with Crippen molar-refractivity contribution in [3.8, 4) is 0 Å². The third-order valence-electron chi connectivity index (χ3n) is 5.88. The van der Waals surface area contributed by atoms with Gasteiger partial charge in [-0.3, -0.25) is 9.59 Å². The van der Waals surface area contributed by atoms with Crippen LogP contribution in [0.5, 0.6) is 0 Å². The van der Waals surface area contributed by atoms with Crippen molar-refractivity contribution >= 4 is 23.1 Å². The van der Waals surface area contributed by atoms with Crippen LogP contribution in [0.25, 0.3) is 0 Å². The highest BCUT2D eigenvalue weighted by Gasteiger charge is 2.41. The smallest absolute Gasteiger partial charge is 0.309 e. The quantitative estimate of drug-likeness (QED) is 0.290. The normalized spacial score (nSPS) is 24.3. The van der Waals surface area contributed by atoms with E-state index in [1.807, 2.05) is 0 Å². The Bertz CT molecular complexity index is 442. The molecule has 0 aromatic heterocycles. The number of carbonyl (C=O) groups excluding carboxylic acids is 2. The van der Waals surface area contributed by atoms with Gasteiger partial charge in [0.15, 0.2) is 0 Å². The molecular formula is C20H34O5S. The van der Waals surface area contributed by atoms with Gasteiger partial charge in [0.2, 0.25) is 0 Å². The molecule has 2 unspecified atom stereocenters. The highest BCUT2D eigenvalue weighted by atomic mass is 32.2. The van der Waals surface area contributed by atoms with Crippen molar-refractivity contribution < 1.29 is 23.6 Å². The van der Waals surface area contributed by atoms with E-state index in [0.29, 0.717) is 12.8 Å². The van der Waals surface area contributed by atoms with Gasteiger partial charge in [-0.25, -0.2) is 0 Å². The minimum atomic E-state index is -0.756. The van der Waals surface area contributed by atoms with E-state index in [-0.39, 0.29) is 35.0 Å². The molecule has 0 aromatic rings. The maximum Gasteiger partial charge on any atom is 0.309 e. The van der Waals surface area contributed by atoms with Gasteiger partial charge in [0.05, 0.1) is 12.8 Å². The predicted molar refractivity (Wildman–Crippen MR) is 102 cm³/mol. The monoisotopic (exact) mass is 386 g/mol. The zero-order valence-electron chi connectivity index (χ0n) is 16.7. The Morgan fingerprint density at radius 3 is 1.50 bits per heavy atom. The van der Waals surface area contributed by atoms with Gasteiger partial charge >= 0.3 is 11.9 Å². The van der Waals surface area contributed by atoms with Crippen LogP contribution in [0.15, 0.2) is 0 Å². The second-order valence-corrected chi connectivity index (χ2v) is 10.8. The SMILES string of the molecule is CC(C)(CCCC[S+]([O-])CCCCC(C)(C)C1CC(=O)O1)C1CC(=O)O1. The van der Waals surface area contributed by atoms with E-state index in [1.54, 1.807) is 0 Å². The fourth-order valence-electron chi connectivity index (χ4n) is 3.58. The molecule has 0 aromatic carbocycles. The van der Waals surface area contributed by atoms with E-state index in [0.717, 1.165) is 50.0 Å². The number of esters is 2. The van der Waals surface area contributed by atoms with E-state index >= 15 is 0 Å². The van der Waals surface area contributed by atoms with Crippen molar-refractivity contribution in [2.45, 2.75) is 91.3 Å². The van der Waals surface area contributed by atoms with Crippen molar-refractivity contribution in [1.29, 1.82) is 0 Å². The summed E-state index contributed by atoms with van der Waals surface area (Å²) in [5, 5.41) is 0. The van der Waals surface area contributed by atoms with Crippen molar-refractivity contribution in [3.63, 3.8) is 0 Å². The van der Waals surface area contributed by atoms with E-state index in [4.69, 9.17) is 9.47 Å². The minimum absolute atomic E-state index is 0.0198. The molecule has 2 aliphatic rings. The maximum atomic E-state index is 12.2. The van der Waals surface area contributed by atoms with Crippen molar-refractivity contribution in [2.24, 2.45) is 10.8 Å². The number of carbonyl (C=O) groups is 2. The van der Waals surface area contributed by atoms with Gasteiger partial charge in [-0.15, -0.1) is 0 Å².